The third kappa shape index (κ3) is 10.3. The Balaban J connectivity index is 0.671. The van der Waals surface area contributed by atoms with Crippen LogP contribution < -0.4 is 0 Å². The quantitative estimate of drug-likeness (QED) is 0.122. The van der Waals surface area contributed by atoms with Crippen molar-refractivity contribution in [2.75, 3.05) is 0 Å². The number of aromatic nitrogens is 3. The summed E-state index contributed by atoms with van der Waals surface area (Å²) in [6, 6.07) is 134. The fourth-order valence-electron chi connectivity index (χ4n) is 15.1. The van der Waals surface area contributed by atoms with Crippen LogP contribution in [0.3, 0.4) is 0 Å². The fraction of sp³-hybridized carbons (Fsp3) is 0.0106. The minimum atomic E-state index is -0.399. The van der Waals surface area contributed by atoms with Gasteiger partial charge in [-0.3, -0.25) is 0 Å². The summed E-state index contributed by atoms with van der Waals surface area (Å²) in [7, 11) is 0. The van der Waals surface area contributed by atoms with Crippen molar-refractivity contribution >= 4 is 0 Å². The zero-order valence-corrected chi connectivity index (χ0v) is 53.1. The minimum absolute atomic E-state index is 0.399. The molecule has 0 saturated heterocycles. The first kappa shape index (κ1) is 57.0. The van der Waals surface area contributed by atoms with Gasteiger partial charge in [0.1, 0.15) is 0 Å². The first-order valence-corrected chi connectivity index (χ1v) is 33.3. The van der Waals surface area contributed by atoms with E-state index in [-0.39, 0.29) is 0 Å². The highest BCUT2D eigenvalue weighted by atomic mass is 15.0. The van der Waals surface area contributed by atoms with Gasteiger partial charge in [0.15, 0.2) is 17.5 Å². The average molecular weight is 1230 g/mol. The molecule has 1 heterocycles. The van der Waals surface area contributed by atoms with Gasteiger partial charge in [-0.05, 0) is 199 Å². The number of nitrogens with zero attached hydrogens (tertiary/aromatic N) is 3. The zero-order valence-electron chi connectivity index (χ0n) is 53.1. The minimum Gasteiger partial charge on any atom is -0.208 e. The van der Waals surface area contributed by atoms with E-state index in [0.29, 0.717) is 17.5 Å². The van der Waals surface area contributed by atoms with Crippen LogP contribution in [0.1, 0.15) is 22.3 Å². The molecule has 15 aromatic carbocycles. The van der Waals surface area contributed by atoms with Gasteiger partial charge in [0.2, 0.25) is 0 Å². The molecule has 18 rings (SSSR count). The Kier molecular flexibility index (Phi) is 14.1. The van der Waals surface area contributed by atoms with E-state index in [1.807, 2.05) is 0 Å². The standard InChI is InChI=1S/C94H61N3/c1-3-21-62(22-4-1)66-25-13-27-68(53-66)64-47-49-65(50-48-64)91-95-92(81-39-19-37-78(59-81)75-34-16-29-70(56-75)69-28-14-26-67(54-69)63-23-5-2-6-24-63)97-93(96-91)82-40-20-38-79(60-82)76-35-17-32-73(57-76)71-30-15-31-72(55-71)74-33-18-36-77(58-74)80-51-52-86-85-43-9-12-46-89(85)94(90(86)61-80)87-44-10-7-41-83(87)84-42-8-11-45-88(84)94/h1-61H. The van der Waals surface area contributed by atoms with Gasteiger partial charge in [-0.15, -0.1) is 0 Å². The van der Waals surface area contributed by atoms with E-state index in [0.717, 1.165) is 77.9 Å². The van der Waals surface area contributed by atoms with Crippen molar-refractivity contribution in [1.82, 2.24) is 15.0 Å². The number of rotatable bonds is 12. The maximum absolute atomic E-state index is 5.34. The summed E-state index contributed by atoms with van der Waals surface area (Å²) in [6.45, 7) is 0. The normalized spacial score (nSPS) is 12.2. The molecule has 2 aliphatic rings. The van der Waals surface area contributed by atoms with E-state index in [1.54, 1.807) is 0 Å². The predicted octanol–water partition coefficient (Wildman–Crippen LogP) is 24.2. The Hall–Kier alpha value is -12.7. The van der Waals surface area contributed by atoms with Gasteiger partial charge in [-0.2, -0.15) is 0 Å². The lowest BCUT2D eigenvalue weighted by Gasteiger charge is -2.30. The maximum atomic E-state index is 5.34. The highest BCUT2D eigenvalue weighted by Gasteiger charge is 2.51. The van der Waals surface area contributed by atoms with E-state index >= 15 is 0 Å². The predicted molar refractivity (Wildman–Crippen MR) is 401 cm³/mol. The van der Waals surface area contributed by atoms with Gasteiger partial charge >= 0.3 is 0 Å². The van der Waals surface area contributed by atoms with Crippen molar-refractivity contribution in [2.24, 2.45) is 0 Å². The SMILES string of the molecule is c1ccc(-c2cccc(-c3ccc(-c4nc(-c5cccc(-c6cccc(-c7cccc(-c8ccccc8)c7)c6)c5)nc(-c5cccc(-c6cccc(-c7cccc(-c8cccc(-c9ccc%10c(c9)C9(c%11ccccc%11-c%11ccccc%119)c9ccccc9-%10)c8)c7)c6)c5)n4)cc3)c2)cc1. The molecule has 0 aliphatic heterocycles. The number of fused-ring (bicyclic) bond motifs is 10. The molecular formula is C94H61N3. The molecule has 0 N–H and O–H groups in total. The lowest BCUT2D eigenvalue weighted by atomic mass is 9.70. The molecule has 0 bridgehead atoms. The van der Waals surface area contributed by atoms with Crippen molar-refractivity contribution < 1.29 is 0 Å². The summed E-state index contributed by atoms with van der Waals surface area (Å²) >= 11 is 0. The Bertz CT molecular complexity index is 5650. The van der Waals surface area contributed by atoms with Gasteiger partial charge in [-0.25, -0.2) is 15.0 Å². The van der Waals surface area contributed by atoms with Gasteiger partial charge in [0.05, 0.1) is 5.41 Å². The second-order valence-electron chi connectivity index (χ2n) is 25.4. The number of benzene rings is 15. The fourth-order valence-corrected chi connectivity index (χ4v) is 15.1. The van der Waals surface area contributed by atoms with Crippen molar-refractivity contribution in [2.45, 2.75) is 5.41 Å². The lowest BCUT2D eigenvalue weighted by Crippen LogP contribution is -2.25. The Morgan fingerprint density at radius 1 is 0.134 bits per heavy atom. The van der Waals surface area contributed by atoms with Crippen LogP contribution in [0.5, 0.6) is 0 Å². The highest BCUT2D eigenvalue weighted by molar-refractivity contribution is 5.96. The molecule has 0 saturated carbocycles. The van der Waals surface area contributed by atoms with Crippen molar-refractivity contribution in [1.29, 1.82) is 0 Å². The summed E-state index contributed by atoms with van der Waals surface area (Å²) in [5.74, 6) is 1.79. The molecule has 97 heavy (non-hydrogen) atoms. The molecule has 0 radical (unpaired) electrons. The Morgan fingerprint density at radius 2 is 0.340 bits per heavy atom. The van der Waals surface area contributed by atoms with Crippen LogP contribution in [0.4, 0.5) is 0 Å². The van der Waals surface area contributed by atoms with Gasteiger partial charge in [0.25, 0.3) is 0 Å². The largest absolute Gasteiger partial charge is 0.208 e. The summed E-state index contributed by atoms with van der Waals surface area (Å²) in [5, 5.41) is 0. The van der Waals surface area contributed by atoms with Crippen LogP contribution in [0, 0.1) is 0 Å². The molecular weight excluding hydrogens is 1170 g/mol. The zero-order chi connectivity index (χ0) is 64.2. The van der Waals surface area contributed by atoms with Crippen LogP contribution in [0.15, 0.2) is 370 Å². The third-order valence-corrected chi connectivity index (χ3v) is 19.7. The smallest absolute Gasteiger partial charge is 0.164 e. The Morgan fingerprint density at radius 3 is 0.670 bits per heavy atom. The molecule has 1 spiro atoms. The maximum Gasteiger partial charge on any atom is 0.164 e. The lowest BCUT2D eigenvalue weighted by molar-refractivity contribution is 0.794. The monoisotopic (exact) mass is 1230 g/mol. The molecule has 0 atom stereocenters. The van der Waals surface area contributed by atoms with E-state index in [1.165, 1.54) is 83.5 Å². The van der Waals surface area contributed by atoms with Crippen LogP contribution >= 0.6 is 0 Å². The second-order valence-corrected chi connectivity index (χ2v) is 25.4. The molecule has 2 aliphatic carbocycles. The molecule has 16 aromatic rings. The summed E-state index contributed by atoms with van der Waals surface area (Å²) in [4.78, 5) is 15.9. The molecule has 452 valence electrons. The van der Waals surface area contributed by atoms with Crippen molar-refractivity contribution in [3.8, 4) is 157 Å². The third-order valence-electron chi connectivity index (χ3n) is 19.7. The molecule has 1 aromatic heterocycles. The average Bonchev–Trinajstić information content (AvgIpc) is 1.51. The molecule has 3 heteroatoms. The van der Waals surface area contributed by atoms with Crippen molar-refractivity contribution in [3.63, 3.8) is 0 Å². The second kappa shape index (κ2) is 24.0. The molecule has 0 amide bonds. The van der Waals surface area contributed by atoms with Gasteiger partial charge < -0.3 is 0 Å². The van der Waals surface area contributed by atoms with Crippen LogP contribution in [-0.4, -0.2) is 15.0 Å². The van der Waals surface area contributed by atoms with E-state index in [2.05, 4.69) is 370 Å². The Labute approximate surface area is 565 Å². The van der Waals surface area contributed by atoms with Crippen LogP contribution in [0.25, 0.3) is 157 Å². The highest BCUT2D eigenvalue weighted by Crippen LogP contribution is 2.63. The molecule has 0 fully saturated rings. The van der Waals surface area contributed by atoms with E-state index in [4.69, 9.17) is 15.0 Å². The number of hydrogen-bond donors (Lipinski definition) is 0. The summed E-state index contributed by atoms with van der Waals surface area (Å²) in [5.41, 5.74) is 33.6. The topological polar surface area (TPSA) is 38.7 Å². The first-order valence-electron chi connectivity index (χ1n) is 33.3. The number of hydrogen-bond acceptors (Lipinski definition) is 3. The molecule has 0 unspecified atom stereocenters. The van der Waals surface area contributed by atoms with Gasteiger partial charge in [0, 0.05) is 16.7 Å². The summed E-state index contributed by atoms with van der Waals surface area (Å²) < 4.78 is 0. The van der Waals surface area contributed by atoms with E-state index < -0.39 is 5.41 Å². The van der Waals surface area contributed by atoms with Gasteiger partial charge in [-0.1, -0.05) is 315 Å². The van der Waals surface area contributed by atoms with Crippen LogP contribution in [-0.2, 0) is 5.41 Å². The molecule has 3 nitrogen and oxygen atoms in total. The van der Waals surface area contributed by atoms with Crippen molar-refractivity contribution in [3.05, 3.63) is 392 Å². The van der Waals surface area contributed by atoms with E-state index in [9.17, 15) is 0 Å². The first-order chi connectivity index (χ1) is 48.0. The summed E-state index contributed by atoms with van der Waals surface area (Å²) in [6.07, 6.45) is 0. The van der Waals surface area contributed by atoms with Crippen LogP contribution in [0.2, 0.25) is 0 Å².